The minimum absolute atomic E-state index is 0. The van der Waals surface area contributed by atoms with Gasteiger partial charge in [0, 0.05) is 18.1 Å². The number of nitrogens with zero attached hydrogens (tertiary/aromatic N) is 4. The molecule has 0 aliphatic heterocycles. The molecule has 0 bridgehead atoms. The molecule has 5 heteroatoms. The fraction of sp³-hybridized carbons (Fsp3) is 0. The van der Waals surface area contributed by atoms with Crippen LogP contribution in [0.2, 0.25) is 0 Å². The van der Waals surface area contributed by atoms with Crippen LogP contribution in [0.4, 0.5) is 17.2 Å². The molecule has 6 rings (SSSR count). The van der Waals surface area contributed by atoms with Crippen molar-refractivity contribution in [1.29, 1.82) is 0 Å². The maximum atomic E-state index is 5.09. The molecule has 170 valence electrons. The zero-order chi connectivity index (χ0) is 22.7. The molecule has 0 radical (unpaired) electrons. The van der Waals surface area contributed by atoms with Gasteiger partial charge in [-0.15, -0.1) is 47.3 Å². The molecule has 0 aliphatic carbocycles. The van der Waals surface area contributed by atoms with E-state index in [0.717, 1.165) is 39.5 Å². The van der Waals surface area contributed by atoms with Gasteiger partial charge in [0.1, 0.15) is 5.82 Å². The Morgan fingerprint density at radius 1 is 0.743 bits per heavy atom. The zero-order valence-corrected chi connectivity index (χ0v) is 20.9. The zero-order valence-electron chi connectivity index (χ0n) is 18.7. The number of rotatable bonds is 5. The van der Waals surface area contributed by atoms with E-state index in [0.29, 0.717) is 0 Å². The average molecular weight is 632 g/mol. The second kappa shape index (κ2) is 10.1. The second-order valence-corrected chi connectivity index (χ2v) is 7.86. The van der Waals surface area contributed by atoms with Gasteiger partial charge in [-0.25, -0.2) is 0 Å². The Bertz CT molecular complexity index is 1560. The normalized spacial score (nSPS) is 10.6. The number of para-hydroxylation sites is 1. The number of fused-ring (bicyclic) bond motifs is 1. The van der Waals surface area contributed by atoms with E-state index in [1.54, 1.807) is 6.20 Å². The van der Waals surface area contributed by atoms with E-state index in [2.05, 4.69) is 64.6 Å². The summed E-state index contributed by atoms with van der Waals surface area (Å²) in [7, 11) is 0. The first-order valence-electron chi connectivity index (χ1n) is 11.1. The number of benzene rings is 4. The monoisotopic (exact) mass is 631 g/mol. The molecule has 4 nitrogen and oxygen atoms in total. The minimum Gasteiger partial charge on any atom is -0.320 e. The summed E-state index contributed by atoms with van der Waals surface area (Å²) < 4.78 is 1.81. The predicted octanol–water partition coefficient (Wildman–Crippen LogP) is 7.16. The number of pyridine rings is 1. The molecule has 0 saturated heterocycles. The molecule has 0 fully saturated rings. The fourth-order valence-electron chi connectivity index (χ4n) is 4.15. The van der Waals surface area contributed by atoms with E-state index in [1.165, 1.54) is 5.39 Å². The molecular formula is C30H20N4Pt. The van der Waals surface area contributed by atoms with Crippen LogP contribution >= 0.6 is 0 Å². The van der Waals surface area contributed by atoms with Crippen molar-refractivity contribution in [3.05, 3.63) is 134 Å². The van der Waals surface area contributed by atoms with Crippen LogP contribution in [0.25, 0.3) is 27.7 Å². The van der Waals surface area contributed by atoms with Crippen LogP contribution in [0.5, 0.6) is 0 Å². The van der Waals surface area contributed by atoms with E-state index >= 15 is 0 Å². The summed E-state index contributed by atoms with van der Waals surface area (Å²) in [6.45, 7) is 0. The average Bonchev–Trinajstić information content (AvgIpc) is 3.45. The van der Waals surface area contributed by atoms with Crippen molar-refractivity contribution in [3.8, 4) is 16.9 Å². The minimum atomic E-state index is 0. The van der Waals surface area contributed by atoms with Crippen molar-refractivity contribution in [2.24, 2.45) is 0 Å². The van der Waals surface area contributed by atoms with Crippen LogP contribution < -0.4 is 4.90 Å². The van der Waals surface area contributed by atoms with Crippen molar-refractivity contribution in [3.63, 3.8) is 0 Å². The SMILES string of the molecule is [Pt+2].[c-]1c(N(c2ccccc2)c2cccc(-c3[c-]ccc4ccccc34)n2)cccc1-n1cccn1. The van der Waals surface area contributed by atoms with Gasteiger partial charge in [-0.05, 0) is 35.6 Å². The first-order chi connectivity index (χ1) is 16.9. The molecule has 0 atom stereocenters. The molecule has 0 spiro atoms. The van der Waals surface area contributed by atoms with Crippen LogP contribution in [-0.2, 0) is 21.1 Å². The van der Waals surface area contributed by atoms with Crippen molar-refractivity contribution >= 4 is 28.0 Å². The molecule has 4 aromatic carbocycles. The molecule has 0 N–H and O–H groups in total. The van der Waals surface area contributed by atoms with Gasteiger partial charge in [-0.2, -0.15) is 11.2 Å². The van der Waals surface area contributed by atoms with Crippen molar-refractivity contribution in [1.82, 2.24) is 14.8 Å². The van der Waals surface area contributed by atoms with Gasteiger partial charge < -0.3 is 4.90 Å². The van der Waals surface area contributed by atoms with Crippen LogP contribution in [0.3, 0.4) is 0 Å². The second-order valence-electron chi connectivity index (χ2n) is 7.86. The molecule has 2 heterocycles. The summed E-state index contributed by atoms with van der Waals surface area (Å²) in [5.74, 6) is 0.805. The summed E-state index contributed by atoms with van der Waals surface area (Å²) in [6.07, 6.45) is 3.68. The van der Waals surface area contributed by atoms with E-state index in [-0.39, 0.29) is 21.1 Å². The van der Waals surface area contributed by atoms with Gasteiger partial charge >= 0.3 is 21.1 Å². The van der Waals surface area contributed by atoms with Crippen LogP contribution in [-0.4, -0.2) is 14.8 Å². The van der Waals surface area contributed by atoms with Crippen molar-refractivity contribution < 1.29 is 21.1 Å². The number of anilines is 3. The van der Waals surface area contributed by atoms with Crippen LogP contribution in [0, 0.1) is 12.1 Å². The van der Waals surface area contributed by atoms with Gasteiger partial charge in [0.25, 0.3) is 0 Å². The Morgan fingerprint density at radius 3 is 2.43 bits per heavy atom. The maximum Gasteiger partial charge on any atom is 2.00 e. The van der Waals surface area contributed by atoms with Gasteiger partial charge in [0.15, 0.2) is 0 Å². The summed E-state index contributed by atoms with van der Waals surface area (Å²) in [5.41, 5.74) is 4.61. The summed E-state index contributed by atoms with van der Waals surface area (Å²) in [6, 6.07) is 43.6. The van der Waals surface area contributed by atoms with Crippen LogP contribution in [0.1, 0.15) is 0 Å². The van der Waals surface area contributed by atoms with E-state index in [1.807, 2.05) is 77.6 Å². The van der Waals surface area contributed by atoms with Gasteiger partial charge in [-0.3, -0.25) is 9.67 Å². The molecule has 0 amide bonds. The Kier molecular flexibility index (Phi) is 6.56. The summed E-state index contributed by atoms with van der Waals surface area (Å²) >= 11 is 0. The van der Waals surface area contributed by atoms with Crippen LogP contribution in [0.15, 0.2) is 122 Å². The number of aromatic nitrogens is 3. The number of hydrogen-bond donors (Lipinski definition) is 0. The van der Waals surface area contributed by atoms with Gasteiger partial charge in [-0.1, -0.05) is 65.7 Å². The fourth-order valence-corrected chi connectivity index (χ4v) is 4.15. The third kappa shape index (κ3) is 4.53. The van der Waals surface area contributed by atoms with Crippen molar-refractivity contribution in [2.45, 2.75) is 0 Å². The molecule has 0 unspecified atom stereocenters. The van der Waals surface area contributed by atoms with Crippen molar-refractivity contribution in [2.75, 3.05) is 4.90 Å². The quantitative estimate of drug-likeness (QED) is 0.190. The molecule has 0 saturated carbocycles. The molecule has 2 aromatic heterocycles. The third-order valence-electron chi connectivity index (χ3n) is 5.71. The van der Waals surface area contributed by atoms with E-state index in [9.17, 15) is 0 Å². The van der Waals surface area contributed by atoms with E-state index < -0.39 is 0 Å². The Balaban J connectivity index is 0.00000253. The molecule has 6 aromatic rings. The first-order valence-corrected chi connectivity index (χ1v) is 11.1. The smallest absolute Gasteiger partial charge is 0.320 e. The topological polar surface area (TPSA) is 34.0 Å². The molecular weight excluding hydrogens is 611 g/mol. The molecule has 0 aliphatic rings. The Hall–Kier alpha value is -4.01. The Morgan fingerprint density at radius 2 is 1.57 bits per heavy atom. The summed E-state index contributed by atoms with van der Waals surface area (Å²) in [4.78, 5) is 7.20. The van der Waals surface area contributed by atoms with Gasteiger partial charge in [0.05, 0.1) is 0 Å². The van der Waals surface area contributed by atoms with E-state index in [4.69, 9.17) is 4.98 Å². The third-order valence-corrected chi connectivity index (χ3v) is 5.71. The summed E-state index contributed by atoms with van der Waals surface area (Å²) in [5, 5.41) is 6.66. The predicted molar refractivity (Wildman–Crippen MR) is 137 cm³/mol. The first kappa shape index (κ1) is 22.8. The van der Waals surface area contributed by atoms with Gasteiger partial charge in [0.2, 0.25) is 0 Å². The molecule has 35 heavy (non-hydrogen) atoms. The largest absolute Gasteiger partial charge is 2.00 e. The number of hydrogen-bond acceptors (Lipinski definition) is 3. The standard InChI is InChI=1S/C30H20N4.Pt/c1-2-12-24(13-3-1)34(26-15-7-14-25(22-26)33-21-9-20-31-33)30-19-8-18-29(32-30)28-17-6-11-23-10-4-5-16-27(23)28;/h1-16,18-21H;/q-2;+2. The maximum absolute atomic E-state index is 5.09. The Labute approximate surface area is 218 Å².